The lowest BCUT2D eigenvalue weighted by Crippen LogP contribution is -2.01. The lowest BCUT2D eigenvalue weighted by atomic mass is 10.3. The van der Waals surface area contributed by atoms with Gasteiger partial charge in [-0.25, -0.2) is 0 Å². The Hall–Kier alpha value is -2.90. The average molecular weight is 290 g/mol. The van der Waals surface area contributed by atoms with E-state index in [1.807, 2.05) is 6.92 Å². The zero-order chi connectivity index (χ0) is 15.2. The van der Waals surface area contributed by atoms with Gasteiger partial charge in [-0.15, -0.1) is 0 Å². The van der Waals surface area contributed by atoms with Gasteiger partial charge in [0.05, 0.1) is 30.5 Å². The van der Waals surface area contributed by atoms with Gasteiger partial charge >= 0.3 is 0 Å². The van der Waals surface area contributed by atoms with Gasteiger partial charge in [0.2, 0.25) is 5.88 Å². The first-order chi connectivity index (χ1) is 10.1. The summed E-state index contributed by atoms with van der Waals surface area (Å²) >= 11 is 0. The van der Waals surface area contributed by atoms with Crippen molar-refractivity contribution in [3.8, 4) is 17.4 Å². The van der Waals surface area contributed by atoms with Crippen molar-refractivity contribution in [1.29, 1.82) is 0 Å². The minimum Gasteiger partial charge on any atom is -0.493 e. The van der Waals surface area contributed by atoms with Crippen molar-refractivity contribution in [3.05, 3.63) is 40.7 Å². The third kappa shape index (κ3) is 3.56. The van der Waals surface area contributed by atoms with Crippen LogP contribution < -0.4 is 14.8 Å². The number of ether oxygens (including phenoxy) is 2. The molecule has 2 rings (SSSR count). The predicted molar refractivity (Wildman–Crippen MR) is 75.9 cm³/mol. The normalized spacial score (nSPS) is 10.0. The van der Waals surface area contributed by atoms with Crippen LogP contribution in [0.25, 0.3) is 0 Å². The lowest BCUT2D eigenvalue weighted by Gasteiger charge is -2.10. The van der Waals surface area contributed by atoms with Gasteiger partial charge in [-0.2, -0.15) is 4.98 Å². The van der Waals surface area contributed by atoms with Crippen LogP contribution in [0.5, 0.6) is 17.4 Å². The summed E-state index contributed by atoms with van der Waals surface area (Å²) in [7, 11) is 1.41. The van der Waals surface area contributed by atoms with Gasteiger partial charge in [0, 0.05) is 12.6 Å². The molecule has 0 saturated heterocycles. The van der Waals surface area contributed by atoms with Crippen LogP contribution >= 0.6 is 0 Å². The number of aromatic nitrogens is 2. The molecular weight excluding hydrogens is 276 g/mol. The van der Waals surface area contributed by atoms with E-state index in [-0.39, 0.29) is 17.3 Å². The highest BCUT2D eigenvalue weighted by Crippen LogP contribution is 2.33. The summed E-state index contributed by atoms with van der Waals surface area (Å²) in [4.78, 5) is 18.4. The minimum absolute atomic E-state index is 0.0771. The summed E-state index contributed by atoms with van der Waals surface area (Å²) in [5.74, 6) is 1.42. The fraction of sp³-hybridized carbons (Fsp3) is 0.231. The maximum atomic E-state index is 10.7. The van der Waals surface area contributed by atoms with Crippen molar-refractivity contribution in [3.63, 3.8) is 0 Å². The number of benzene rings is 1. The maximum Gasteiger partial charge on any atom is 0.273 e. The van der Waals surface area contributed by atoms with Gasteiger partial charge in [0.15, 0.2) is 11.5 Å². The number of nitro benzene ring substituents is 1. The van der Waals surface area contributed by atoms with E-state index in [2.05, 4.69) is 15.3 Å². The van der Waals surface area contributed by atoms with Crippen LogP contribution in [0.1, 0.15) is 6.92 Å². The third-order valence-corrected chi connectivity index (χ3v) is 2.54. The van der Waals surface area contributed by atoms with Crippen molar-refractivity contribution in [2.24, 2.45) is 0 Å². The molecule has 110 valence electrons. The van der Waals surface area contributed by atoms with Crippen LogP contribution in [0, 0.1) is 10.1 Å². The molecule has 21 heavy (non-hydrogen) atoms. The Bertz CT molecular complexity index is 648. The Morgan fingerprint density at radius 1 is 1.33 bits per heavy atom. The molecule has 1 aromatic heterocycles. The number of methoxy groups -OCH3 is 1. The van der Waals surface area contributed by atoms with Gasteiger partial charge in [-0.3, -0.25) is 15.1 Å². The lowest BCUT2D eigenvalue weighted by molar-refractivity contribution is -0.384. The number of hydrogen-bond acceptors (Lipinski definition) is 7. The Labute approximate surface area is 120 Å². The van der Waals surface area contributed by atoms with Crippen molar-refractivity contribution in [2.75, 3.05) is 19.0 Å². The van der Waals surface area contributed by atoms with Gasteiger partial charge < -0.3 is 14.8 Å². The topological polar surface area (TPSA) is 99.4 Å². The van der Waals surface area contributed by atoms with E-state index in [0.717, 1.165) is 0 Å². The van der Waals surface area contributed by atoms with E-state index < -0.39 is 4.92 Å². The van der Waals surface area contributed by atoms with E-state index >= 15 is 0 Å². The molecule has 0 saturated carbocycles. The van der Waals surface area contributed by atoms with E-state index in [0.29, 0.717) is 18.1 Å². The summed E-state index contributed by atoms with van der Waals surface area (Å²) in [6.45, 7) is 2.65. The first-order valence-corrected chi connectivity index (χ1v) is 6.20. The molecule has 0 spiro atoms. The molecule has 8 heteroatoms. The molecule has 0 fully saturated rings. The smallest absolute Gasteiger partial charge is 0.273 e. The van der Waals surface area contributed by atoms with Crippen molar-refractivity contribution in [2.45, 2.75) is 6.92 Å². The van der Waals surface area contributed by atoms with E-state index in [9.17, 15) is 10.1 Å². The maximum absolute atomic E-state index is 10.7. The summed E-state index contributed by atoms with van der Waals surface area (Å²) in [5, 5.41) is 13.7. The molecular formula is C13H14N4O4. The highest BCUT2D eigenvalue weighted by atomic mass is 16.6. The summed E-state index contributed by atoms with van der Waals surface area (Å²) in [6, 6.07) is 4.08. The van der Waals surface area contributed by atoms with E-state index in [1.54, 1.807) is 6.20 Å². The number of rotatable bonds is 6. The Morgan fingerprint density at radius 3 is 2.81 bits per heavy atom. The second-order valence-corrected chi connectivity index (χ2v) is 3.97. The third-order valence-electron chi connectivity index (χ3n) is 2.54. The Morgan fingerprint density at radius 2 is 2.14 bits per heavy atom. The van der Waals surface area contributed by atoms with E-state index in [1.165, 1.54) is 31.5 Å². The van der Waals surface area contributed by atoms with Crippen LogP contribution in [0.3, 0.4) is 0 Å². The molecule has 8 nitrogen and oxygen atoms in total. The predicted octanol–water partition coefficient (Wildman–Crippen LogP) is 2.62. The van der Waals surface area contributed by atoms with Gasteiger partial charge in [0.1, 0.15) is 5.82 Å². The fourth-order valence-electron chi connectivity index (χ4n) is 1.63. The Kier molecular flexibility index (Phi) is 4.50. The zero-order valence-electron chi connectivity index (χ0n) is 11.6. The molecule has 1 heterocycles. The summed E-state index contributed by atoms with van der Waals surface area (Å²) < 4.78 is 10.7. The van der Waals surface area contributed by atoms with Crippen LogP contribution in [0.2, 0.25) is 0 Å². The number of hydrogen-bond donors (Lipinski definition) is 1. The standard InChI is InChI=1S/C13H14N4O4/c1-3-15-12-7-14-8-13(16-12)21-10-5-4-9(17(18)19)6-11(10)20-2/h4-8H,3H2,1-2H3,(H,15,16). The minimum atomic E-state index is -0.502. The largest absolute Gasteiger partial charge is 0.493 e. The molecule has 0 bridgehead atoms. The number of non-ortho nitro benzene ring substituents is 1. The molecule has 2 aromatic rings. The fourth-order valence-corrected chi connectivity index (χ4v) is 1.63. The van der Waals surface area contributed by atoms with Gasteiger partial charge in [-0.05, 0) is 13.0 Å². The number of anilines is 1. The van der Waals surface area contributed by atoms with Crippen LogP contribution in [0.15, 0.2) is 30.6 Å². The molecule has 0 amide bonds. The first-order valence-electron chi connectivity index (χ1n) is 6.20. The SMILES string of the molecule is CCNc1cncc(Oc2ccc([N+](=O)[O-])cc2OC)n1. The molecule has 0 aliphatic rings. The van der Waals surface area contributed by atoms with Crippen LogP contribution in [0.4, 0.5) is 11.5 Å². The first kappa shape index (κ1) is 14.5. The summed E-state index contributed by atoms with van der Waals surface area (Å²) in [5.41, 5.74) is -0.0771. The monoisotopic (exact) mass is 290 g/mol. The molecule has 0 radical (unpaired) electrons. The number of nitro groups is 1. The quantitative estimate of drug-likeness (QED) is 0.644. The molecule has 1 aromatic carbocycles. The molecule has 0 aliphatic carbocycles. The zero-order valence-corrected chi connectivity index (χ0v) is 11.6. The summed E-state index contributed by atoms with van der Waals surface area (Å²) in [6.07, 6.45) is 3.02. The molecule has 0 unspecified atom stereocenters. The average Bonchev–Trinajstić information content (AvgIpc) is 2.48. The molecule has 1 N–H and O–H groups in total. The molecule has 0 aliphatic heterocycles. The van der Waals surface area contributed by atoms with Gasteiger partial charge in [-0.1, -0.05) is 0 Å². The van der Waals surface area contributed by atoms with Crippen molar-refractivity contribution < 1.29 is 14.4 Å². The van der Waals surface area contributed by atoms with Crippen LogP contribution in [-0.4, -0.2) is 28.5 Å². The van der Waals surface area contributed by atoms with Crippen molar-refractivity contribution >= 4 is 11.5 Å². The highest BCUT2D eigenvalue weighted by Gasteiger charge is 2.13. The number of nitrogens with zero attached hydrogens (tertiary/aromatic N) is 3. The van der Waals surface area contributed by atoms with Crippen molar-refractivity contribution in [1.82, 2.24) is 9.97 Å². The van der Waals surface area contributed by atoms with Crippen LogP contribution in [-0.2, 0) is 0 Å². The van der Waals surface area contributed by atoms with E-state index in [4.69, 9.17) is 9.47 Å². The second kappa shape index (κ2) is 6.51. The second-order valence-electron chi connectivity index (χ2n) is 3.97. The molecule has 0 atom stereocenters. The Balaban J connectivity index is 2.26. The highest BCUT2D eigenvalue weighted by molar-refractivity contribution is 5.49. The number of nitrogens with one attached hydrogen (secondary N) is 1. The van der Waals surface area contributed by atoms with Gasteiger partial charge in [0.25, 0.3) is 5.69 Å².